The third-order valence-electron chi connectivity index (χ3n) is 11.5. The molecule has 0 aromatic rings. The molecule has 198 valence electrons. The molecule has 0 saturated heterocycles. The number of hydrogen-bond acceptors (Lipinski definition) is 4. The number of amides is 1. The number of carbonyl (C=O) groups is 3. The highest BCUT2D eigenvalue weighted by Gasteiger charge is 2.66. The minimum atomic E-state index is -0.536. The molecule has 1 unspecified atom stereocenters. The zero-order valence-corrected chi connectivity index (χ0v) is 22.4. The van der Waals surface area contributed by atoms with Crippen LogP contribution >= 0.6 is 0 Å². The SMILES string of the molecule is CCOC(=O)CNC(=O)CC[C@@H](C)[C@H]1CC[C@H]2[C@@H]3CCC4(C(=O)O)CCCC[C@]4(C)[C@H]3CC[C@]12C. The van der Waals surface area contributed by atoms with Crippen LogP contribution in [0.25, 0.3) is 0 Å². The van der Waals surface area contributed by atoms with Crippen molar-refractivity contribution < 1.29 is 24.2 Å². The Hall–Kier alpha value is -1.59. The molecule has 6 nitrogen and oxygen atoms in total. The van der Waals surface area contributed by atoms with Gasteiger partial charge in [-0.05, 0) is 105 Å². The number of esters is 1. The van der Waals surface area contributed by atoms with Gasteiger partial charge in [0, 0.05) is 6.42 Å². The number of carboxylic acids is 1. The lowest BCUT2D eigenvalue weighted by Gasteiger charge is -2.64. The molecular weight excluding hydrogens is 442 g/mol. The van der Waals surface area contributed by atoms with E-state index in [1.807, 2.05) is 0 Å². The van der Waals surface area contributed by atoms with Gasteiger partial charge in [-0.15, -0.1) is 0 Å². The molecule has 0 radical (unpaired) electrons. The molecule has 4 fully saturated rings. The summed E-state index contributed by atoms with van der Waals surface area (Å²) in [5, 5.41) is 13.1. The van der Waals surface area contributed by atoms with Crippen LogP contribution in [0.5, 0.6) is 0 Å². The molecule has 6 heteroatoms. The molecule has 0 aliphatic heterocycles. The summed E-state index contributed by atoms with van der Waals surface area (Å²) >= 11 is 0. The van der Waals surface area contributed by atoms with Gasteiger partial charge in [-0.3, -0.25) is 14.4 Å². The molecule has 4 saturated carbocycles. The maximum absolute atomic E-state index is 12.6. The summed E-state index contributed by atoms with van der Waals surface area (Å²) < 4.78 is 4.89. The predicted octanol–water partition coefficient (Wildman–Crippen LogP) is 5.59. The molecule has 35 heavy (non-hydrogen) atoms. The Kier molecular flexibility index (Phi) is 7.60. The standard InChI is InChI=1S/C29H47NO5/c1-5-35-25(32)18-30-24(31)11-8-19(2)21-9-10-22-20-12-17-29(26(33)34)15-7-6-14-28(29,4)23(20)13-16-27(21,22)3/h19-23H,5-18H2,1-4H3,(H,30,31)(H,33,34)/t19-,20+,21-,22+,23+,27-,28-,29?/m1/s1. The average molecular weight is 490 g/mol. The maximum atomic E-state index is 12.6. The monoisotopic (exact) mass is 489 g/mol. The van der Waals surface area contributed by atoms with Crippen LogP contribution in [0.15, 0.2) is 0 Å². The van der Waals surface area contributed by atoms with Crippen LogP contribution in [0.3, 0.4) is 0 Å². The number of nitrogens with one attached hydrogen (secondary N) is 1. The van der Waals surface area contributed by atoms with Crippen molar-refractivity contribution in [1.29, 1.82) is 0 Å². The van der Waals surface area contributed by atoms with Crippen molar-refractivity contribution in [1.82, 2.24) is 5.32 Å². The van der Waals surface area contributed by atoms with Gasteiger partial charge >= 0.3 is 11.9 Å². The highest BCUT2D eigenvalue weighted by Crippen LogP contribution is 2.71. The first-order chi connectivity index (χ1) is 16.6. The lowest BCUT2D eigenvalue weighted by atomic mass is 9.40. The molecule has 4 aliphatic carbocycles. The largest absolute Gasteiger partial charge is 0.481 e. The smallest absolute Gasteiger partial charge is 0.325 e. The number of carbonyl (C=O) groups excluding carboxylic acids is 2. The third-order valence-corrected chi connectivity index (χ3v) is 11.5. The Balaban J connectivity index is 1.40. The second kappa shape index (κ2) is 10.0. The number of hydrogen-bond donors (Lipinski definition) is 2. The zero-order chi connectivity index (χ0) is 25.4. The van der Waals surface area contributed by atoms with Gasteiger partial charge in [0.15, 0.2) is 0 Å². The van der Waals surface area contributed by atoms with Gasteiger partial charge in [0.2, 0.25) is 5.91 Å². The van der Waals surface area contributed by atoms with Crippen LogP contribution in [-0.4, -0.2) is 36.1 Å². The number of aliphatic carboxylic acids is 1. The van der Waals surface area contributed by atoms with Crippen molar-refractivity contribution in [2.45, 2.75) is 105 Å². The van der Waals surface area contributed by atoms with Crippen molar-refractivity contribution >= 4 is 17.8 Å². The van der Waals surface area contributed by atoms with Crippen molar-refractivity contribution in [3.63, 3.8) is 0 Å². The van der Waals surface area contributed by atoms with Crippen LogP contribution in [0.1, 0.15) is 105 Å². The van der Waals surface area contributed by atoms with E-state index in [1.54, 1.807) is 6.92 Å². The van der Waals surface area contributed by atoms with E-state index in [-0.39, 0.29) is 29.3 Å². The van der Waals surface area contributed by atoms with E-state index in [9.17, 15) is 19.5 Å². The molecule has 4 aliphatic rings. The Morgan fingerprint density at radius 1 is 1.00 bits per heavy atom. The normalized spacial score (nSPS) is 41.1. The topological polar surface area (TPSA) is 92.7 Å². The van der Waals surface area contributed by atoms with E-state index in [2.05, 4.69) is 26.1 Å². The minimum Gasteiger partial charge on any atom is -0.481 e. The predicted molar refractivity (Wildman–Crippen MR) is 134 cm³/mol. The lowest BCUT2D eigenvalue weighted by molar-refractivity contribution is -0.193. The van der Waals surface area contributed by atoms with Gasteiger partial charge in [-0.1, -0.05) is 33.6 Å². The molecule has 0 heterocycles. The maximum Gasteiger partial charge on any atom is 0.325 e. The Bertz CT molecular complexity index is 828. The highest BCUT2D eigenvalue weighted by molar-refractivity contribution is 5.81. The fourth-order valence-electron chi connectivity index (χ4n) is 9.75. The van der Waals surface area contributed by atoms with Crippen molar-refractivity contribution in [2.24, 2.45) is 45.8 Å². The van der Waals surface area contributed by atoms with Crippen LogP contribution in [-0.2, 0) is 19.1 Å². The van der Waals surface area contributed by atoms with Gasteiger partial charge in [-0.2, -0.15) is 0 Å². The van der Waals surface area contributed by atoms with E-state index in [0.717, 1.165) is 44.9 Å². The van der Waals surface area contributed by atoms with Crippen LogP contribution in [0.4, 0.5) is 0 Å². The number of rotatable bonds is 8. The summed E-state index contributed by atoms with van der Waals surface area (Å²) in [7, 11) is 0. The zero-order valence-electron chi connectivity index (χ0n) is 22.4. The van der Waals surface area contributed by atoms with Crippen LogP contribution in [0.2, 0.25) is 0 Å². The molecule has 2 N–H and O–H groups in total. The molecule has 0 aromatic heterocycles. The van der Waals surface area contributed by atoms with E-state index < -0.39 is 11.4 Å². The molecule has 8 atom stereocenters. The van der Waals surface area contributed by atoms with Gasteiger partial charge < -0.3 is 15.2 Å². The van der Waals surface area contributed by atoms with Crippen molar-refractivity contribution in [3.8, 4) is 0 Å². The van der Waals surface area contributed by atoms with E-state index in [1.165, 1.54) is 25.7 Å². The molecule has 0 bridgehead atoms. The Labute approximate surface area is 211 Å². The van der Waals surface area contributed by atoms with Gasteiger partial charge in [0.25, 0.3) is 0 Å². The molecular formula is C29H47NO5. The molecule has 0 aromatic carbocycles. The number of ether oxygens (including phenoxy) is 1. The van der Waals surface area contributed by atoms with Crippen molar-refractivity contribution in [3.05, 3.63) is 0 Å². The quantitative estimate of drug-likeness (QED) is 0.434. The molecule has 1 amide bonds. The fourth-order valence-corrected chi connectivity index (χ4v) is 9.75. The summed E-state index contributed by atoms with van der Waals surface area (Å²) in [6.07, 6.45) is 12.2. The van der Waals surface area contributed by atoms with Crippen LogP contribution in [0, 0.1) is 45.8 Å². The average Bonchev–Trinajstić information content (AvgIpc) is 3.18. The second-order valence-electron chi connectivity index (χ2n) is 12.8. The van der Waals surface area contributed by atoms with Gasteiger partial charge in [-0.25, -0.2) is 0 Å². The Morgan fingerprint density at radius 2 is 1.74 bits per heavy atom. The first-order valence-electron chi connectivity index (χ1n) is 14.2. The molecule has 4 rings (SSSR count). The fraction of sp³-hybridized carbons (Fsp3) is 0.897. The highest BCUT2D eigenvalue weighted by atomic mass is 16.5. The first-order valence-corrected chi connectivity index (χ1v) is 14.2. The van der Waals surface area contributed by atoms with E-state index in [0.29, 0.717) is 42.6 Å². The summed E-state index contributed by atoms with van der Waals surface area (Å²) in [5.74, 6) is 1.93. The minimum absolute atomic E-state index is 0.0516. The summed E-state index contributed by atoms with van der Waals surface area (Å²) in [6, 6.07) is 0. The van der Waals surface area contributed by atoms with Crippen molar-refractivity contribution in [2.75, 3.05) is 13.2 Å². The number of carboxylic acid groups (broad SMARTS) is 1. The van der Waals surface area contributed by atoms with Crippen LogP contribution < -0.4 is 5.32 Å². The second-order valence-corrected chi connectivity index (χ2v) is 12.8. The Morgan fingerprint density at radius 3 is 2.46 bits per heavy atom. The molecule has 0 spiro atoms. The third kappa shape index (κ3) is 4.41. The summed E-state index contributed by atoms with van der Waals surface area (Å²) in [4.78, 5) is 36.4. The summed E-state index contributed by atoms with van der Waals surface area (Å²) in [5.41, 5.74) is -0.291. The number of fused-ring (bicyclic) bond motifs is 5. The van der Waals surface area contributed by atoms with E-state index in [4.69, 9.17) is 4.74 Å². The van der Waals surface area contributed by atoms with E-state index >= 15 is 0 Å². The van der Waals surface area contributed by atoms with Gasteiger partial charge in [0.1, 0.15) is 6.54 Å². The summed E-state index contributed by atoms with van der Waals surface area (Å²) in [6.45, 7) is 9.18. The van der Waals surface area contributed by atoms with Gasteiger partial charge in [0.05, 0.1) is 12.0 Å². The first kappa shape index (κ1) is 26.5. The lowest BCUT2D eigenvalue weighted by Crippen LogP contribution is -2.60.